The van der Waals surface area contributed by atoms with Crippen LogP contribution < -0.4 is 14.8 Å². The monoisotopic (exact) mass is 239 g/mol. The van der Waals surface area contributed by atoms with E-state index < -0.39 is 11.4 Å². The molecule has 1 saturated heterocycles. The maximum atomic E-state index is 13.6. The molecule has 1 unspecified atom stereocenters. The first-order valence-electron chi connectivity index (χ1n) is 5.68. The second-order valence-electron chi connectivity index (χ2n) is 4.68. The average molecular weight is 239 g/mol. The molecule has 2 aliphatic rings. The molecular formula is C12H14FNO3. The number of phenolic OH excluding ortho intramolecular Hbond substituents is 1. The lowest BCUT2D eigenvalue weighted by atomic mass is 9.88. The smallest absolute Gasteiger partial charge is 0.231 e. The molecule has 4 nitrogen and oxygen atoms in total. The SMILES string of the molecule is CC1(c2c(O)c(F)cc3c2OCO3)CCCN1. The summed E-state index contributed by atoms with van der Waals surface area (Å²) in [7, 11) is 0. The zero-order chi connectivity index (χ0) is 12.0. The van der Waals surface area contributed by atoms with Gasteiger partial charge in [-0.3, -0.25) is 0 Å². The minimum absolute atomic E-state index is 0.0707. The van der Waals surface area contributed by atoms with Gasteiger partial charge in [-0.1, -0.05) is 0 Å². The number of phenols is 1. The van der Waals surface area contributed by atoms with Crippen LogP contribution in [-0.4, -0.2) is 18.4 Å². The third kappa shape index (κ3) is 1.45. The van der Waals surface area contributed by atoms with Gasteiger partial charge >= 0.3 is 0 Å². The van der Waals surface area contributed by atoms with Crippen molar-refractivity contribution in [1.82, 2.24) is 5.32 Å². The van der Waals surface area contributed by atoms with Gasteiger partial charge in [0.25, 0.3) is 0 Å². The Labute approximate surface area is 98.3 Å². The highest BCUT2D eigenvalue weighted by Gasteiger charge is 2.39. The Morgan fingerprint density at radius 3 is 3.00 bits per heavy atom. The van der Waals surface area contributed by atoms with Gasteiger partial charge in [-0.05, 0) is 26.3 Å². The van der Waals surface area contributed by atoms with Crippen molar-refractivity contribution in [2.24, 2.45) is 0 Å². The summed E-state index contributed by atoms with van der Waals surface area (Å²) in [6, 6.07) is 1.17. The largest absolute Gasteiger partial charge is 0.504 e. The van der Waals surface area contributed by atoms with E-state index >= 15 is 0 Å². The summed E-state index contributed by atoms with van der Waals surface area (Å²) >= 11 is 0. The van der Waals surface area contributed by atoms with Crippen LogP contribution in [0.1, 0.15) is 25.3 Å². The van der Waals surface area contributed by atoms with E-state index in [1.807, 2.05) is 6.92 Å². The maximum absolute atomic E-state index is 13.6. The predicted octanol–water partition coefficient (Wildman–Crippen LogP) is 1.86. The van der Waals surface area contributed by atoms with Crippen LogP contribution in [0.5, 0.6) is 17.2 Å². The molecule has 2 N–H and O–H groups in total. The number of hydrogen-bond acceptors (Lipinski definition) is 4. The lowest BCUT2D eigenvalue weighted by Crippen LogP contribution is -2.33. The van der Waals surface area contributed by atoms with E-state index in [0.717, 1.165) is 19.4 Å². The van der Waals surface area contributed by atoms with Gasteiger partial charge in [0.05, 0.1) is 5.56 Å². The Bertz CT molecular complexity index is 469. The number of rotatable bonds is 1. The highest BCUT2D eigenvalue weighted by molar-refractivity contribution is 5.58. The minimum Gasteiger partial charge on any atom is -0.504 e. The molecule has 0 bridgehead atoms. The Kier molecular flexibility index (Phi) is 2.19. The van der Waals surface area contributed by atoms with Crippen molar-refractivity contribution in [2.45, 2.75) is 25.3 Å². The molecule has 0 aromatic heterocycles. The Morgan fingerprint density at radius 1 is 1.47 bits per heavy atom. The third-order valence-corrected chi connectivity index (χ3v) is 3.51. The summed E-state index contributed by atoms with van der Waals surface area (Å²) in [5, 5.41) is 13.2. The lowest BCUT2D eigenvalue weighted by molar-refractivity contribution is 0.171. The molecule has 1 aromatic carbocycles. The predicted molar refractivity (Wildman–Crippen MR) is 58.8 cm³/mol. The summed E-state index contributed by atoms with van der Waals surface area (Å²) in [4.78, 5) is 0. The molecule has 92 valence electrons. The number of hydrogen-bond donors (Lipinski definition) is 2. The van der Waals surface area contributed by atoms with Crippen LogP contribution in [0.15, 0.2) is 6.07 Å². The molecule has 2 aliphatic heterocycles. The Hall–Kier alpha value is -1.49. The maximum Gasteiger partial charge on any atom is 0.231 e. The zero-order valence-corrected chi connectivity index (χ0v) is 9.55. The fourth-order valence-electron chi connectivity index (χ4n) is 2.62. The third-order valence-electron chi connectivity index (χ3n) is 3.51. The molecule has 3 rings (SSSR count). The van der Waals surface area contributed by atoms with Gasteiger partial charge in [-0.2, -0.15) is 0 Å². The van der Waals surface area contributed by atoms with E-state index in [0.29, 0.717) is 17.1 Å². The van der Waals surface area contributed by atoms with Gasteiger partial charge < -0.3 is 19.9 Å². The van der Waals surface area contributed by atoms with Crippen molar-refractivity contribution in [3.63, 3.8) is 0 Å². The van der Waals surface area contributed by atoms with E-state index in [4.69, 9.17) is 9.47 Å². The molecule has 0 radical (unpaired) electrons. The fraction of sp³-hybridized carbons (Fsp3) is 0.500. The van der Waals surface area contributed by atoms with E-state index in [1.54, 1.807) is 0 Å². The van der Waals surface area contributed by atoms with Crippen LogP contribution in [0.4, 0.5) is 4.39 Å². The first-order valence-corrected chi connectivity index (χ1v) is 5.68. The summed E-state index contributed by atoms with van der Waals surface area (Å²) in [6.45, 7) is 2.86. The topological polar surface area (TPSA) is 50.7 Å². The first-order chi connectivity index (χ1) is 8.12. The molecule has 0 saturated carbocycles. The molecule has 0 amide bonds. The molecule has 1 aromatic rings. The van der Waals surface area contributed by atoms with Crippen molar-refractivity contribution >= 4 is 0 Å². The Balaban J connectivity index is 2.21. The van der Waals surface area contributed by atoms with Gasteiger partial charge in [0.2, 0.25) is 6.79 Å². The number of halogens is 1. The van der Waals surface area contributed by atoms with Gasteiger partial charge in [-0.15, -0.1) is 0 Å². The van der Waals surface area contributed by atoms with Crippen molar-refractivity contribution in [1.29, 1.82) is 0 Å². The molecule has 5 heteroatoms. The van der Waals surface area contributed by atoms with E-state index in [9.17, 15) is 9.50 Å². The van der Waals surface area contributed by atoms with Gasteiger partial charge in [0.1, 0.15) is 0 Å². The summed E-state index contributed by atoms with van der Waals surface area (Å²) < 4.78 is 24.2. The molecule has 0 aliphatic carbocycles. The number of nitrogens with one attached hydrogen (secondary N) is 1. The minimum atomic E-state index is -0.667. The molecule has 1 fully saturated rings. The Morgan fingerprint density at radius 2 is 2.29 bits per heavy atom. The van der Waals surface area contributed by atoms with E-state index in [1.165, 1.54) is 6.07 Å². The van der Waals surface area contributed by atoms with Crippen LogP contribution >= 0.6 is 0 Å². The van der Waals surface area contributed by atoms with Gasteiger partial charge in [0.15, 0.2) is 23.1 Å². The van der Waals surface area contributed by atoms with Crippen LogP contribution in [0.2, 0.25) is 0 Å². The summed E-state index contributed by atoms with van der Waals surface area (Å²) in [6.07, 6.45) is 1.82. The summed E-state index contributed by atoms with van der Waals surface area (Å²) in [5.41, 5.74) is 0.0201. The second-order valence-corrected chi connectivity index (χ2v) is 4.68. The van der Waals surface area contributed by atoms with Crippen molar-refractivity contribution in [3.05, 3.63) is 17.4 Å². The number of benzene rings is 1. The van der Waals surface area contributed by atoms with E-state index in [-0.39, 0.29) is 12.5 Å². The average Bonchev–Trinajstić information content (AvgIpc) is 2.89. The number of ether oxygens (including phenoxy) is 2. The van der Waals surface area contributed by atoms with Crippen LogP contribution in [-0.2, 0) is 5.54 Å². The lowest BCUT2D eigenvalue weighted by Gasteiger charge is -2.27. The highest BCUT2D eigenvalue weighted by Crippen LogP contribution is 2.49. The molecule has 2 heterocycles. The molecule has 1 atom stereocenters. The normalized spacial score (nSPS) is 26.5. The molecule has 17 heavy (non-hydrogen) atoms. The van der Waals surface area contributed by atoms with Crippen molar-refractivity contribution < 1.29 is 19.0 Å². The fourth-order valence-corrected chi connectivity index (χ4v) is 2.62. The van der Waals surface area contributed by atoms with Crippen LogP contribution in [0.3, 0.4) is 0 Å². The quantitative estimate of drug-likeness (QED) is 0.785. The highest BCUT2D eigenvalue weighted by atomic mass is 19.1. The van der Waals surface area contributed by atoms with Crippen molar-refractivity contribution in [2.75, 3.05) is 13.3 Å². The van der Waals surface area contributed by atoms with Gasteiger partial charge in [-0.25, -0.2) is 4.39 Å². The van der Waals surface area contributed by atoms with Crippen LogP contribution in [0.25, 0.3) is 0 Å². The van der Waals surface area contributed by atoms with Gasteiger partial charge in [0, 0.05) is 11.6 Å². The molecular weight excluding hydrogens is 225 g/mol. The number of aromatic hydroxyl groups is 1. The standard InChI is InChI=1S/C12H14FNO3/c1-12(3-2-4-14-12)9-10(15)7(13)5-8-11(9)17-6-16-8/h5,14-15H,2-4,6H2,1H3. The first kappa shape index (κ1) is 10.7. The zero-order valence-electron chi connectivity index (χ0n) is 9.55. The molecule has 0 spiro atoms. The van der Waals surface area contributed by atoms with Crippen molar-refractivity contribution in [3.8, 4) is 17.2 Å². The summed E-state index contributed by atoms with van der Waals surface area (Å²) in [5.74, 6) is -0.184. The second kappa shape index (κ2) is 3.50. The van der Waals surface area contributed by atoms with E-state index in [2.05, 4.69) is 5.32 Å². The van der Waals surface area contributed by atoms with Crippen LogP contribution in [0, 0.1) is 5.82 Å². The number of fused-ring (bicyclic) bond motifs is 1.